The van der Waals surface area contributed by atoms with Gasteiger partial charge in [0.1, 0.15) is 0 Å². The van der Waals surface area contributed by atoms with Crippen LogP contribution in [0.1, 0.15) is 18.4 Å². The molecule has 2 aliphatic heterocycles. The maximum Gasteiger partial charge on any atom is 0.226 e. The average Bonchev–Trinajstić information content (AvgIpc) is 3.31. The molecule has 1 saturated carbocycles. The van der Waals surface area contributed by atoms with Crippen molar-refractivity contribution in [3.05, 3.63) is 30.1 Å². The lowest BCUT2D eigenvalue weighted by Crippen LogP contribution is -2.60. The molecule has 3 heterocycles. The van der Waals surface area contributed by atoms with E-state index in [4.69, 9.17) is 0 Å². The van der Waals surface area contributed by atoms with Gasteiger partial charge in [-0.15, -0.1) is 0 Å². The summed E-state index contributed by atoms with van der Waals surface area (Å²) in [6, 6.07) is 3.63. The second-order valence-corrected chi connectivity index (χ2v) is 9.00. The molecule has 7 heteroatoms. The molecular weight excluding hydrogens is 314 g/mol. The topological polar surface area (TPSA) is 70.6 Å². The van der Waals surface area contributed by atoms with Gasteiger partial charge in [0.25, 0.3) is 0 Å². The third kappa shape index (κ3) is 2.99. The summed E-state index contributed by atoms with van der Waals surface area (Å²) < 4.78 is 24.3. The van der Waals surface area contributed by atoms with Crippen molar-refractivity contribution in [2.45, 2.75) is 31.5 Å². The lowest BCUT2D eigenvalue weighted by atomic mass is 10.0. The standard InChI is InChI=1S/C16H21N3O3S/c20-16(13-3-4-13)19-7-6-18(9-12-2-1-5-17-8-12)14-10-23(21,22)11-15(14)19/h1-2,5,8,13-15H,3-4,6-7,9-11H2/t14-,15+/m1/s1. The first-order valence-electron chi connectivity index (χ1n) is 8.17. The molecule has 23 heavy (non-hydrogen) atoms. The summed E-state index contributed by atoms with van der Waals surface area (Å²) in [7, 11) is -3.08. The Balaban J connectivity index is 1.56. The van der Waals surface area contributed by atoms with Gasteiger partial charge in [0.05, 0.1) is 17.5 Å². The Kier molecular flexibility index (Phi) is 3.65. The summed E-state index contributed by atoms with van der Waals surface area (Å²) in [4.78, 5) is 20.7. The van der Waals surface area contributed by atoms with E-state index in [9.17, 15) is 13.2 Å². The summed E-state index contributed by atoms with van der Waals surface area (Å²) in [5.41, 5.74) is 1.08. The smallest absolute Gasteiger partial charge is 0.226 e. The Hall–Kier alpha value is -1.47. The molecule has 0 aromatic carbocycles. The predicted molar refractivity (Wildman–Crippen MR) is 85.3 cm³/mol. The zero-order chi connectivity index (χ0) is 16.0. The first-order valence-corrected chi connectivity index (χ1v) is 9.99. The highest BCUT2D eigenvalue weighted by Gasteiger charge is 2.49. The number of nitrogens with zero attached hydrogens (tertiary/aromatic N) is 3. The molecule has 1 aromatic heterocycles. The summed E-state index contributed by atoms with van der Waals surface area (Å²) in [6.45, 7) is 2.05. The van der Waals surface area contributed by atoms with E-state index in [0.29, 0.717) is 13.1 Å². The lowest BCUT2D eigenvalue weighted by molar-refractivity contribution is -0.138. The van der Waals surface area contributed by atoms with E-state index in [0.717, 1.165) is 24.9 Å². The Morgan fingerprint density at radius 2 is 2.00 bits per heavy atom. The average molecular weight is 335 g/mol. The van der Waals surface area contributed by atoms with Crippen molar-refractivity contribution < 1.29 is 13.2 Å². The van der Waals surface area contributed by atoms with Crippen molar-refractivity contribution in [2.24, 2.45) is 5.92 Å². The van der Waals surface area contributed by atoms with E-state index in [1.807, 2.05) is 23.2 Å². The van der Waals surface area contributed by atoms with Gasteiger partial charge < -0.3 is 4.90 Å². The van der Waals surface area contributed by atoms with Crippen LogP contribution in [0.4, 0.5) is 0 Å². The fourth-order valence-electron chi connectivity index (χ4n) is 3.79. The molecule has 3 fully saturated rings. The maximum absolute atomic E-state index is 12.5. The first-order chi connectivity index (χ1) is 11.0. The van der Waals surface area contributed by atoms with Crippen LogP contribution in [-0.2, 0) is 21.2 Å². The van der Waals surface area contributed by atoms with E-state index in [2.05, 4.69) is 9.88 Å². The van der Waals surface area contributed by atoms with Gasteiger partial charge in [0, 0.05) is 44.0 Å². The number of carbonyl (C=O) groups is 1. The SMILES string of the molecule is O=C(C1CC1)N1CCN(Cc2cccnc2)[C@@H]2CS(=O)(=O)C[C@@H]21. The van der Waals surface area contributed by atoms with Crippen molar-refractivity contribution in [1.82, 2.24) is 14.8 Å². The van der Waals surface area contributed by atoms with Gasteiger partial charge in [-0.05, 0) is 24.5 Å². The molecule has 0 spiro atoms. The fourth-order valence-corrected chi connectivity index (χ4v) is 5.80. The fraction of sp³-hybridized carbons (Fsp3) is 0.625. The number of aromatic nitrogens is 1. The van der Waals surface area contributed by atoms with Crippen LogP contribution in [0.15, 0.2) is 24.5 Å². The van der Waals surface area contributed by atoms with Crippen LogP contribution in [0, 0.1) is 5.92 Å². The van der Waals surface area contributed by atoms with Crippen LogP contribution in [0.2, 0.25) is 0 Å². The van der Waals surface area contributed by atoms with Crippen molar-refractivity contribution in [3.63, 3.8) is 0 Å². The maximum atomic E-state index is 12.5. The van der Waals surface area contributed by atoms with E-state index in [1.54, 1.807) is 6.20 Å². The molecule has 4 rings (SSSR count). The van der Waals surface area contributed by atoms with Crippen LogP contribution in [0.25, 0.3) is 0 Å². The van der Waals surface area contributed by atoms with E-state index < -0.39 is 9.84 Å². The molecule has 3 aliphatic rings. The number of pyridine rings is 1. The number of amides is 1. The van der Waals surface area contributed by atoms with Crippen molar-refractivity contribution in [3.8, 4) is 0 Å². The van der Waals surface area contributed by atoms with Gasteiger partial charge in [0.15, 0.2) is 9.84 Å². The monoisotopic (exact) mass is 335 g/mol. The van der Waals surface area contributed by atoms with Gasteiger partial charge in [0.2, 0.25) is 5.91 Å². The number of carbonyl (C=O) groups excluding carboxylic acids is 1. The highest BCUT2D eigenvalue weighted by Crippen LogP contribution is 2.35. The Morgan fingerprint density at radius 3 is 2.70 bits per heavy atom. The molecule has 0 bridgehead atoms. The van der Waals surface area contributed by atoms with Gasteiger partial charge in [-0.25, -0.2) is 8.42 Å². The van der Waals surface area contributed by atoms with Gasteiger partial charge in [-0.3, -0.25) is 14.7 Å². The third-order valence-electron chi connectivity index (χ3n) is 5.11. The number of sulfone groups is 1. The summed E-state index contributed by atoms with van der Waals surface area (Å²) in [5.74, 6) is 0.577. The minimum Gasteiger partial charge on any atom is -0.336 e. The quantitative estimate of drug-likeness (QED) is 0.795. The number of fused-ring (bicyclic) bond motifs is 1. The van der Waals surface area contributed by atoms with E-state index in [1.165, 1.54) is 0 Å². The zero-order valence-electron chi connectivity index (χ0n) is 13.0. The molecule has 124 valence electrons. The number of hydrogen-bond acceptors (Lipinski definition) is 5. The van der Waals surface area contributed by atoms with E-state index in [-0.39, 0.29) is 35.4 Å². The molecule has 1 amide bonds. The molecule has 1 aliphatic carbocycles. The molecule has 6 nitrogen and oxygen atoms in total. The molecule has 2 saturated heterocycles. The van der Waals surface area contributed by atoms with Crippen LogP contribution in [0.3, 0.4) is 0 Å². The molecule has 0 unspecified atom stereocenters. The molecule has 1 aromatic rings. The van der Waals surface area contributed by atoms with Crippen molar-refractivity contribution >= 4 is 15.7 Å². The Labute approximate surface area is 136 Å². The molecule has 0 radical (unpaired) electrons. The Morgan fingerprint density at radius 1 is 1.22 bits per heavy atom. The lowest BCUT2D eigenvalue weighted by Gasteiger charge is -2.44. The second kappa shape index (κ2) is 5.56. The number of hydrogen-bond donors (Lipinski definition) is 0. The zero-order valence-corrected chi connectivity index (χ0v) is 13.8. The van der Waals surface area contributed by atoms with Crippen LogP contribution in [-0.4, -0.2) is 65.8 Å². The number of piperazine rings is 1. The molecular formula is C16H21N3O3S. The largest absolute Gasteiger partial charge is 0.336 e. The number of rotatable bonds is 3. The second-order valence-electron chi connectivity index (χ2n) is 6.85. The van der Waals surface area contributed by atoms with E-state index >= 15 is 0 Å². The van der Waals surface area contributed by atoms with Gasteiger partial charge in [-0.2, -0.15) is 0 Å². The third-order valence-corrected chi connectivity index (χ3v) is 6.81. The minimum atomic E-state index is -3.08. The van der Waals surface area contributed by atoms with Crippen LogP contribution >= 0.6 is 0 Å². The summed E-state index contributed by atoms with van der Waals surface area (Å²) >= 11 is 0. The van der Waals surface area contributed by atoms with Crippen molar-refractivity contribution in [1.29, 1.82) is 0 Å². The van der Waals surface area contributed by atoms with Crippen LogP contribution in [0.5, 0.6) is 0 Å². The highest BCUT2D eigenvalue weighted by molar-refractivity contribution is 7.91. The highest BCUT2D eigenvalue weighted by atomic mass is 32.2. The summed E-state index contributed by atoms with van der Waals surface area (Å²) in [5, 5.41) is 0. The first kappa shape index (κ1) is 15.1. The Bertz CT molecular complexity index is 703. The molecule has 2 atom stereocenters. The minimum absolute atomic E-state index is 0.0864. The van der Waals surface area contributed by atoms with Gasteiger partial charge in [-0.1, -0.05) is 6.07 Å². The predicted octanol–water partition coefficient (Wildman–Crippen LogP) is 0.301. The summed E-state index contributed by atoms with van der Waals surface area (Å²) in [6.07, 6.45) is 5.47. The van der Waals surface area contributed by atoms with Gasteiger partial charge >= 0.3 is 0 Å². The van der Waals surface area contributed by atoms with Crippen molar-refractivity contribution in [2.75, 3.05) is 24.6 Å². The molecule has 0 N–H and O–H groups in total. The normalized spacial score (nSPS) is 30.2. The van der Waals surface area contributed by atoms with Crippen LogP contribution < -0.4 is 0 Å².